The molecule has 2 aromatic rings. The largest absolute Gasteiger partial charge is 0.352 e. The van der Waals surface area contributed by atoms with E-state index in [0.29, 0.717) is 0 Å². The van der Waals surface area contributed by atoms with E-state index in [4.69, 9.17) is 0 Å². The Morgan fingerprint density at radius 1 is 1.16 bits per heavy atom. The first-order valence-corrected chi connectivity index (χ1v) is 10.3. The fourth-order valence-electron chi connectivity index (χ4n) is 4.15. The van der Waals surface area contributed by atoms with Crippen LogP contribution in [0.25, 0.3) is 10.2 Å². The Morgan fingerprint density at radius 2 is 1.92 bits per heavy atom. The second-order valence-electron chi connectivity index (χ2n) is 7.32. The first-order chi connectivity index (χ1) is 12.2. The molecule has 6 heteroatoms. The maximum absolute atomic E-state index is 12.9. The summed E-state index contributed by atoms with van der Waals surface area (Å²) in [5, 5.41) is 3.87. The molecule has 25 heavy (non-hydrogen) atoms. The maximum Gasteiger partial charge on any atom is 0.262 e. The maximum atomic E-state index is 12.9. The van der Waals surface area contributed by atoms with Crippen molar-refractivity contribution in [2.24, 2.45) is 0 Å². The summed E-state index contributed by atoms with van der Waals surface area (Å²) in [6, 6.07) is 0.260. The van der Waals surface area contributed by atoms with Crippen molar-refractivity contribution < 1.29 is 4.79 Å². The SMILES string of the molecule is O=C(Cn1cnc2sc3c(c2c1=O)CCCC3)NC1CCCCCC1. The quantitative estimate of drug-likeness (QED) is 0.856. The second-order valence-corrected chi connectivity index (χ2v) is 8.41. The van der Waals surface area contributed by atoms with Crippen molar-refractivity contribution in [3.05, 3.63) is 27.1 Å². The lowest BCUT2D eigenvalue weighted by Crippen LogP contribution is -2.38. The van der Waals surface area contributed by atoms with Gasteiger partial charge in [-0.1, -0.05) is 25.7 Å². The van der Waals surface area contributed by atoms with Crippen molar-refractivity contribution in [3.8, 4) is 0 Å². The van der Waals surface area contributed by atoms with E-state index in [2.05, 4.69) is 10.3 Å². The van der Waals surface area contributed by atoms with Crippen molar-refractivity contribution in [2.45, 2.75) is 76.8 Å². The van der Waals surface area contributed by atoms with Crippen LogP contribution in [-0.4, -0.2) is 21.5 Å². The van der Waals surface area contributed by atoms with Crippen LogP contribution >= 0.6 is 11.3 Å². The van der Waals surface area contributed by atoms with Crippen molar-refractivity contribution in [3.63, 3.8) is 0 Å². The molecule has 0 unspecified atom stereocenters. The average molecular weight is 359 g/mol. The molecule has 2 aliphatic carbocycles. The van der Waals surface area contributed by atoms with Crippen molar-refractivity contribution in [1.29, 1.82) is 0 Å². The van der Waals surface area contributed by atoms with E-state index in [1.807, 2.05) is 0 Å². The van der Waals surface area contributed by atoms with Gasteiger partial charge < -0.3 is 5.32 Å². The summed E-state index contributed by atoms with van der Waals surface area (Å²) in [5.74, 6) is -0.0701. The number of nitrogens with zero attached hydrogens (tertiary/aromatic N) is 2. The number of hydrogen-bond donors (Lipinski definition) is 1. The van der Waals surface area contributed by atoms with Gasteiger partial charge in [0.25, 0.3) is 5.56 Å². The molecule has 0 saturated heterocycles. The lowest BCUT2D eigenvalue weighted by atomic mass is 9.97. The van der Waals surface area contributed by atoms with Crippen LogP contribution in [-0.2, 0) is 24.2 Å². The summed E-state index contributed by atoms with van der Waals surface area (Å²) in [6.07, 6.45) is 12.9. The molecule has 1 amide bonds. The number of thiophene rings is 1. The Labute approximate surface area is 151 Å². The van der Waals surface area contributed by atoms with Crippen LogP contribution < -0.4 is 10.9 Å². The molecule has 0 aromatic carbocycles. The van der Waals surface area contributed by atoms with Crippen molar-refractivity contribution in [1.82, 2.24) is 14.9 Å². The lowest BCUT2D eigenvalue weighted by molar-refractivity contribution is -0.122. The molecule has 134 valence electrons. The molecule has 2 heterocycles. The summed E-state index contributed by atoms with van der Waals surface area (Å²) in [5.41, 5.74) is 1.13. The van der Waals surface area contributed by atoms with Gasteiger partial charge in [-0.3, -0.25) is 14.2 Å². The van der Waals surface area contributed by atoms with Crippen LogP contribution in [0.4, 0.5) is 0 Å². The molecule has 0 radical (unpaired) electrons. The first-order valence-electron chi connectivity index (χ1n) is 9.51. The number of rotatable bonds is 3. The summed E-state index contributed by atoms with van der Waals surface area (Å²) in [6.45, 7) is 0.0723. The number of carbonyl (C=O) groups is 1. The zero-order valence-electron chi connectivity index (χ0n) is 14.6. The van der Waals surface area contributed by atoms with Crippen LogP contribution in [0.3, 0.4) is 0 Å². The van der Waals surface area contributed by atoms with E-state index < -0.39 is 0 Å². The Hall–Kier alpha value is -1.69. The molecule has 0 spiro atoms. The van der Waals surface area contributed by atoms with Gasteiger partial charge in [-0.15, -0.1) is 11.3 Å². The minimum atomic E-state index is -0.0701. The van der Waals surface area contributed by atoms with E-state index >= 15 is 0 Å². The Balaban J connectivity index is 1.54. The van der Waals surface area contributed by atoms with E-state index in [-0.39, 0.29) is 24.1 Å². The predicted octanol–water partition coefficient (Wildman–Crippen LogP) is 3.18. The molecule has 5 nitrogen and oxygen atoms in total. The van der Waals surface area contributed by atoms with Crippen molar-refractivity contribution in [2.75, 3.05) is 0 Å². The highest BCUT2D eigenvalue weighted by Gasteiger charge is 2.21. The Bertz CT molecular complexity index is 831. The van der Waals surface area contributed by atoms with E-state index in [0.717, 1.165) is 42.3 Å². The molecule has 0 aliphatic heterocycles. The number of aryl methyl sites for hydroxylation is 2. The molecular weight excluding hydrogens is 334 g/mol. The molecule has 2 aliphatic rings. The Kier molecular flexibility index (Phi) is 4.88. The van der Waals surface area contributed by atoms with Gasteiger partial charge in [-0.25, -0.2) is 4.98 Å². The minimum absolute atomic E-state index is 0.0552. The van der Waals surface area contributed by atoms with E-state index in [9.17, 15) is 9.59 Å². The van der Waals surface area contributed by atoms with Gasteiger partial charge in [0.1, 0.15) is 11.4 Å². The molecule has 1 saturated carbocycles. The number of carbonyl (C=O) groups excluding carboxylic acids is 1. The average Bonchev–Trinajstić information content (AvgIpc) is 2.80. The predicted molar refractivity (Wildman–Crippen MR) is 100 cm³/mol. The van der Waals surface area contributed by atoms with Crippen LogP contribution in [0.1, 0.15) is 61.8 Å². The van der Waals surface area contributed by atoms with E-state index in [1.54, 1.807) is 17.7 Å². The third kappa shape index (κ3) is 3.50. The zero-order valence-corrected chi connectivity index (χ0v) is 15.4. The summed E-state index contributed by atoms with van der Waals surface area (Å²) in [4.78, 5) is 31.9. The number of fused-ring (bicyclic) bond motifs is 3. The van der Waals surface area contributed by atoms with Crippen molar-refractivity contribution >= 4 is 27.5 Å². The third-order valence-electron chi connectivity index (χ3n) is 5.48. The number of amides is 1. The normalized spacial score (nSPS) is 18.7. The van der Waals surface area contributed by atoms with Gasteiger partial charge in [0.2, 0.25) is 5.91 Å². The minimum Gasteiger partial charge on any atom is -0.352 e. The highest BCUT2D eigenvalue weighted by Crippen LogP contribution is 2.33. The van der Waals surface area contributed by atoms with Gasteiger partial charge in [-0.05, 0) is 44.1 Å². The third-order valence-corrected chi connectivity index (χ3v) is 6.68. The molecule has 1 N–H and O–H groups in total. The lowest BCUT2D eigenvalue weighted by Gasteiger charge is -2.16. The van der Waals surface area contributed by atoms with Crippen LogP contribution in [0.2, 0.25) is 0 Å². The standard InChI is InChI=1S/C19H25N3O2S/c23-16(21-13-7-3-1-2-4-8-13)11-22-12-20-18-17(19(22)24)14-9-5-6-10-15(14)25-18/h12-13H,1-11H2,(H,21,23). The van der Waals surface area contributed by atoms with E-state index in [1.165, 1.54) is 47.1 Å². The molecule has 1 fully saturated rings. The first kappa shape index (κ1) is 16.8. The molecule has 2 aromatic heterocycles. The van der Waals surface area contributed by atoms with Gasteiger partial charge in [-0.2, -0.15) is 0 Å². The molecule has 4 rings (SSSR count). The van der Waals surface area contributed by atoms with Gasteiger partial charge in [0.05, 0.1) is 11.7 Å². The fourth-order valence-corrected chi connectivity index (χ4v) is 5.37. The molecule has 0 bridgehead atoms. The van der Waals surface area contributed by atoms with Gasteiger partial charge >= 0.3 is 0 Å². The zero-order chi connectivity index (χ0) is 17.2. The van der Waals surface area contributed by atoms with Crippen LogP contribution in [0.5, 0.6) is 0 Å². The summed E-state index contributed by atoms with van der Waals surface area (Å²) >= 11 is 1.65. The summed E-state index contributed by atoms with van der Waals surface area (Å²) in [7, 11) is 0. The smallest absolute Gasteiger partial charge is 0.262 e. The van der Waals surface area contributed by atoms with Crippen LogP contribution in [0.15, 0.2) is 11.1 Å². The Morgan fingerprint density at radius 3 is 2.72 bits per heavy atom. The van der Waals surface area contributed by atoms with Crippen LogP contribution in [0, 0.1) is 0 Å². The highest BCUT2D eigenvalue weighted by molar-refractivity contribution is 7.18. The monoisotopic (exact) mass is 359 g/mol. The number of aromatic nitrogens is 2. The number of hydrogen-bond acceptors (Lipinski definition) is 4. The number of nitrogens with one attached hydrogen (secondary N) is 1. The second kappa shape index (κ2) is 7.28. The van der Waals surface area contributed by atoms with Gasteiger partial charge in [0, 0.05) is 10.9 Å². The molecular formula is C19H25N3O2S. The topological polar surface area (TPSA) is 64.0 Å². The summed E-state index contributed by atoms with van der Waals surface area (Å²) < 4.78 is 1.48. The molecule has 0 atom stereocenters. The highest BCUT2D eigenvalue weighted by atomic mass is 32.1. The fraction of sp³-hybridized carbons (Fsp3) is 0.632. The van der Waals surface area contributed by atoms with Gasteiger partial charge in [0.15, 0.2) is 0 Å².